The highest BCUT2D eigenvalue weighted by molar-refractivity contribution is 5.89. The second-order valence-corrected chi connectivity index (χ2v) is 8.28. The van der Waals surface area contributed by atoms with Gasteiger partial charge in [-0.05, 0) is 49.8 Å². The number of ether oxygens (including phenoxy) is 3. The smallest absolute Gasteiger partial charge is 0.459 e. The lowest BCUT2D eigenvalue weighted by molar-refractivity contribution is -0.00824. The van der Waals surface area contributed by atoms with Crippen molar-refractivity contribution in [3.05, 3.63) is 35.4 Å². The van der Waals surface area contributed by atoms with Gasteiger partial charge in [0, 0.05) is 6.42 Å². The fourth-order valence-electron chi connectivity index (χ4n) is 2.48. The molecule has 0 aliphatic rings. The summed E-state index contributed by atoms with van der Waals surface area (Å²) in [4.78, 5) is 23.9. The fraction of sp³-hybridized carbons (Fsp3) is 0.636. The van der Waals surface area contributed by atoms with Crippen LogP contribution in [0.1, 0.15) is 76.7 Å². The summed E-state index contributed by atoms with van der Waals surface area (Å²) < 4.78 is 15.7. The third-order valence-corrected chi connectivity index (χ3v) is 3.90. The Labute approximate surface area is 163 Å². The number of unbranched alkanes of at least 4 members (excludes halogenated alkanes) is 1. The quantitative estimate of drug-likeness (QED) is 0.527. The molecule has 1 aromatic rings. The SMILES string of the molecule is CCCCc1ccc(C(=O)OC(C)CC(C)OC(=O)OCC(C)(C)C)cc1. The first-order valence-electron chi connectivity index (χ1n) is 9.74. The van der Waals surface area contributed by atoms with Crippen molar-refractivity contribution in [3.63, 3.8) is 0 Å². The summed E-state index contributed by atoms with van der Waals surface area (Å²) in [5.74, 6) is -0.368. The van der Waals surface area contributed by atoms with Gasteiger partial charge in [0.15, 0.2) is 0 Å². The van der Waals surface area contributed by atoms with Crippen molar-refractivity contribution in [2.75, 3.05) is 6.61 Å². The molecular weight excluding hydrogens is 344 g/mol. The molecule has 2 atom stereocenters. The van der Waals surface area contributed by atoms with E-state index in [1.54, 1.807) is 26.0 Å². The Morgan fingerprint density at radius 3 is 2.15 bits per heavy atom. The van der Waals surface area contributed by atoms with E-state index in [0.717, 1.165) is 19.3 Å². The van der Waals surface area contributed by atoms with Gasteiger partial charge >= 0.3 is 12.1 Å². The number of carbonyl (C=O) groups excluding carboxylic acids is 2. The van der Waals surface area contributed by atoms with Gasteiger partial charge in [-0.2, -0.15) is 0 Å². The van der Waals surface area contributed by atoms with E-state index >= 15 is 0 Å². The molecule has 0 aliphatic heterocycles. The van der Waals surface area contributed by atoms with Gasteiger partial charge in [-0.25, -0.2) is 9.59 Å². The Bertz CT molecular complexity index is 586. The zero-order chi connectivity index (χ0) is 20.4. The Kier molecular flexibility index (Phi) is 9.33. The van der Waals surface area contributed by atoms with E-state index in [-0.39, 0.29) is 24.1 Å². The molecule has 1 rings (SSSR count). The first kappa shape index (κ1) is 23.0. The van der Waals surface area contributed by atoms with Crippen LogP contribution in [0.2, 0.25) is 0 Å². The molecule has 0 spiro atoms. The topological polar surface area (TPSA) is 61.8 Å². The molecule has 0 bridgehead atoms. The zero-order valence-electron chi connectivity index (χ0n) is 17.5. The average Bonchev–Trinajstić information content (AvgIpc) is 2.57. The number of rotatable bonds is 9. The highest BCUT2D eigenvalue weighted by atomic mass is 16.7. The van der Waals surface area contributed by atoms with Gasteiger partial charge < -0.3 is 14.2 Å². The normalized spacial score (nSPS) is 13.6. The molecule has 0 fully saturated rings. The van der Waals surface area contributed by atoms with Crippen LogP contribution >= 0.6 is 0 Å². The van der Waals surface area contributed by atoms with E-state index in [1.807, 2.05) is 32.9 Å². The summed E-state index contributed by atoms with van der Waals surface area (Å²) in [6, 6.07) is 7.52. The van der Waals surface area contributed by atoms with Gasteiger partial charge in [-0.1, -0.05) is 46.2 Å². The van der Waals surface area contributed by atoms with E-state index in [9.17, 15) is 9.59 Å². The number of hydrogen-bond donors (Lipinski definition) is 0. The molecule has 0 radical (unpaired) electrons. The minimum Gasteiger partial charge on any atom is -0.459 e. The molecule has 1 aromatic carbocycles. The maximum atomic E-state index is 12.2. The van der Waals surface area contributed by atoms with Gasteiger partial charge in [0.25, 0.3) is 0 Å². The first-order chi connectivity index (χ1) is 12.6. The number of aryl methyl sites for hydroxylation is 1. The van der Waals surface area contributed by atoms with Crippen molar-refractivity contribution in [2.24, 2.45) is 5.41 Å². The van der Waals surface area contributed by atoms with Crippen molar-refractivity contribution in [1.29, 1.82) is 0 Å². The van der Waals surface area contributed by atoms with Gasteiger partial charge in [0.1, 0.15) is 12.2 Å². The monoisotopic (exact) mass is 378 g/mol. The second kappa shape index (κ2) is 11.0. The average molecular weight is 379 g/mol. The molecule has 152 valence electrons. The van der Waals surface area contributed by atoms with Gasteiger partial charge in [0.2, 0.25) is 0 Å². The molecule has 0 aliphatic carbocycles. The van der Waals surface area contributed by atoms with Gasteiger partial charge in [-0.3, -0.25) is 0 Å². The van der Waals surface area contributed by atoms with Crippen LogP contribution in [-0.4, -0.2) is 30.9 Å². The Balaban J connectivity index is 2.40. The van der Waals surface area contributed by atoms with Crippen molar-refractivity contribution in [2.45, 2.75) is 79.4 Å². The molecule has 0 saturated carbocycles. The third-order valence-electron chi connectivity index (χ3n) is 3.90. The minimum atomic E-state index is -0.696. The van der Waals surface area contributed by atoms with Crippen LogP contribution in [0.5, 0.6) is 0 Å². The van der Waals surface area contributed by atoms with E-state index in [1.165, 1.54) is 5.56 Å². The first-order valence-corrected chi connectivity index (χ1v) is 9.74. The minimum absolute atomic E-state index is 0.114. The highest BCUT2D eigenvalue weighted by Gasteiger charge is 2.20. The number of carbonyl (C=O) groups is 2. The molecule has 0 N–H and O–H groups in total. The highest BCUT2D eigenvalue weighted by Crippen LogP contribution is 2.15. The molecule has 2 unspecified atom stereocenters. The van der Waals surface area contributed by atoms with Crippen molar-refractivity contribution >= 4 is 12.1 Å². The van der Waals surface area contributed by atoms with Gasteiger partial charge in [-0.15, -0.1) is 0 Å². The molecule has 0 heterocycles. The Morgan fingerprint density at radius 1 is 1.00 bits per heavy atom. The predicted molar refractivity (Wildman–Crippen MR) is 106 cm³/mol. The lowest BCUT2D eigenvalue weighted by atomic mass is 9.99. The number of esters is 1. The molecule has 0 amide bonds. The van der Waals surface area contributed by atoms with Crippen LogP contribution in [0.25, 0.3) is 0 Å². The Morgan fingerprint density at radius 2 is 1.59 bits per heavy atom. The summed E-state index contributed by atoms with van der Waals surface area (Å²) in [6.45, 7) is 11.9. The van der Waals surface area contributed by atoms with Crippen LogP contribution in [-0.2, 0) is 20.6 Å². The van der Waals surface area contributed by atoms with Crippen LogP contribution in [0.4, 0.5) is 4.79 Å². The standard InChI is InChI=1S/C22H34O5/c1-7-8-9-18-10-12-19(13-11-18)20(23)26-16(2)14-17(3)27-21(24)25-15-22(4,5)6/h10-13,16-17H,7-9,14-15H2,1-6H3. The maximum Gasteiger partial charge on any atom is 0.508 e. The summed E-state index contributed by atoms with van der Waals surface area (Å²) in [7, 11) is 0. The van der Waals surface area contributed by atoms with Crippen LogP contribution in [0.3, 0.4) is 0 Å². The molecule has 0 saturated heterocycles. The van der Waals surface area contributed by atoms with Crippen LogP contribution in [0.15, 0.2) is 24.3 Å². The van der Waals surface area contributed by atoms with E-state index in [4.69, 9.17) is 14.2 Å². The van der Waals surface area contributed by atoms with Crippen molar-refractivity contribution in [3.8, 4) is 0 Å². The zero-order valence-corrected chi connectivity index (χ0v) is 17.5. The summed E-state index contributed by atoms with van der Waals surface area (Å²) >= 11 is 0. The predicted octanol–water partition coefficient (Wildman–Crippen LogP) is 5.55. The number of benzene rings is 1. The molecule has 5 nitrogen and oxygen atoms in total. The summed E-state index contributed by atoms with van der Waals surface area (Å²) in [5, 5.41) is 0. The lowest BCUT2D eigenvalue weighted by Gasteiger charge is -2.21. The fourth-order valence-corrected chi connectivity index (χ4v) is 2.48. The van der Waals surface area contributed by atoms with Crippen LogP contribution in [0, 0.1) is 5.41 Å². The molecular formula is C22H34O5. The molecule has 0 aromatic heterocycles. The third kappa shape index (κ3) is 10.0. The second-order valence-electron chi connectivity index (χ2n) is 8.28. The van der Waals surface area contributed by atoms with Crippen molar-refractivity contribution in [1.82, 2.24) is 0 Å². The molecule has 27 heavy (non-hydrogen) atoms. The van der Waals surface area contributed by atoms with E-state index in [0.29, 0.717) is 12.0 Å². The maximum absolute atomic E-state index is 12.2. The van der Waals surface area contributed by atoms with Crippen LogP contribution < -0.4 is 0 Å². The largest absolute Gasteiger partial charge is 0.508 e. The van der Waals surface area contributed by atoms with Gasteiger partial charge in [0.05, 0.1) is 12.2 Å². The van der Waals surface area contributed by atoms with E-state index < -0.39 is 12.3 Å². The van der Waals surface area contributed by atoms with E-state index in [2.05, 4.69) is 6.92 Å². The number of hydrogen-bond acceptors (Lipinski definition) is 5. The summed E-state index contributed by atoms with van der Waals surface area (Å²) in [6.07, 6.45) is 2.23. The lowest BCUT2D eigenvalue weighted by Crippen LogP contribution is -2.25. The summed E-state index contributed by atoms with van der Waals surface area (Å²) in [5.41, 5.74) is 1.63. The van der Waals surface area contributed by atoms with Crippen molar-refractivity contribution < 1.29 is 23.8 Å². The Hall–Kier alpha value is -2.04. The molecule has 5 heteroatoms.